The highest BCUT2D eigenvalue weighted by molar-refractivity contribution is 5.87. The third kappa shape index (κ3) is 10.4. The second kappa shape index (κ2) is 20.3. The minimum atomic E-state index is -2.02. The van der Waals surface area contributed by atoms with Gasteiger partial charge < -0.3 is 114 Å². The summed E-state index contributed by atoms with van der Waals surface area (Å²) < 4.78 is 51.0. The van der Waals surface area contributed by atoms with Crippen molar-refractivity contribution < 1.29 is 119 Å². The zero-order valence-corrected chi connectivity index (χ0v) is 35.3. The van der Waals surface area contributed by atoms with Crippen LogP contribution in [0.5, 0.6) is 46.0 Å². The van der Waals surface area contributed by atoms with E-state index in [9.17, 15) is 76.3 Å². The van der Waals surface area contributed by atoms with E-state index >= 15 is 0 Å². The summed E-state index contributed by atoms with van der Waals surface area (Å²) >= 11 is 0. The number of carbonyl (C=O) groups excluding carboxylic acids is 1. The number of esters is 1. The summed E-state index contributed by atoms with van der Waals surface area (Å²) in [6.45, 7) is 0.0765. The van der Waals surface area contributed by atoms with Crippen LogP contribution in [0.15, 0.2) is 54.3 Å². The number of phenols is 5. The second-order valence-electron chi connectivity index (χ2n) is 16.0. The molecular formula is C43H50O24. The van der Waals surface area contributed by atoms with E-state index in [1.54, 1.807) is 0 Å². The number of ether oxygens (including phenoxy) is 9. The molecule has 366 valence electrons. The molecule has 16 atom stereocenters. The highest BCUT2D eigenvalue weighted by Gasteiger charge is 2.49. The van der Waals surface area contributed by atoms with Crippen LogP contribution in [0.25, 0.3) is 12.2 Å². The molecule has 0 spiro atoms. The number of phenolic OH excluding ortho intramolecular Hbond substituents is 5. The highest BCUT2D eigenvalue weighted by atomic mass is 16.7. The Morgan fingerprint density at radius 1 is 0.642 bits per heavy atom. The maximum absolute atomic E-state index is 12.6. The third-order valence-electron chi connectivity index (χ3n) is 11.3. The van der Waals surface area contributed by atoms with Crippen molar-refractivity contribution >= 4 is 18.1 Å². The normalized spacial score (nSPS) is 34.1. The first-order valence-electron chi connectivity index (χ1n) is 20.5. The zero-order valence-electron chi connectivity index (χ0n) is 35.3. The predicted octanol–water partition coefficient (Wildman–Crippen LogP) is -2.19. The van der Waals surface area contributed by atoms with E-state index in [0.717, 1.165) is 30.3 Å². The van der Waals surface area contributed by atoms with Crippen molar-refractivity contribution in [3.8, 4) is 46.0 Å². The van der Waals surface area contributed by atoms with Crippen molar-refractivity contribution in [2.24, 2.45) is 0 Å². The van der Waals surface area contributed by atoms with Crippen LogP contribution in [-0.4, -0.2) is 190 Å². The minimum Gasteiger partial charge on any atom is -0.508 e. The summed E-state index contributed by atoms with van der Waals surface area (Å²) in [4.78, 5) is 12.6. The number of methoxy groups -OCH3 is 1. The first-order valence-corrected chi connectivity index (χ1v) is 20.5. The number of aliphatic hydroxyl groups excluding tert-OH is 9. The first-order chi connectivity index (χ1) is 31.8. The zero-order chi connectivity index (χ0) is 48.6. The van der Waals surface area contributed by atoms with Gasteiger partial charge in [0.2, 0.25) is 12.6 Å². The molecule has 3 aromatic carbocycles. The van der Waals surface area contributed by atoms with Gasteiger partial charge in [-0.05, 0) is 48.9 Å². The van der Waals surface area contributed by atoms with Gasteiger partial charge in [-0.1, -0.05) is 6.07 Å². The Morgan fingerprint density at radius 3 is 1.88 bits per heavy atom. The number of carbonyl (C=O) groups is 1. The molecule has 4 heterocycles. The Kier molecular flexibility index (Phi) is 14.9. The molecule has 0 radical (unpaired) electrons. The number of benzene rings is 3. The average Bonchev–Trinajstić information content (AvgIpc) is 3.30. The Labute approximate surface area is 379 Å². The highest BCUT2D eigenvalue weighted by Crippen LogP contribution is 2.48. The van der Waals surface area contributed by atoms with Gasteiger partial charge in [0.1, 0.15) is 96.8 Å². The first kappa shape index (κ1) is 49.2. The van der Waals surface area contributed by atoms with Gasteiger partial charge in [0.25, 0.3) is 0 Å². The van der Waals surface area contributed by atoms with Crippen molar-refractivity contribution in [3.05, 3.63) is 71.0 Å². The predicted molar refractivity (Wildman–Crippen MR) is 219 cm³/mol. The Bertz CT molecular complexity index is 2280. The third-order valence-corrected chi connectivity index (χ3v) is 11.3. The molecule has 4 aliphatic heterocycles. The van der Waals surface area contributed by atoms with Crippen LogP contribution in [0.4, 0.5) is 0 Å². The smallest absolute Gasteiger partial charge is 0.330 e. The Balaban J connectivity index is 1.14. The molecule has 0 amide bonds. The molecule has 0 aliphatic carbocycles. The van der Waals surface area contributed by atoms with E-state index in [4.69, 9.17) is 42.6 Å². The van der Waals surface area contributed by atoms with E-state index in [1.165, 1.54) is 44.4 Å². The molecule has 3 fully saturated rings. The molecule has 3 saturated heterocycles. The molecule has 0 bridgehead atoms. The van der Waals surface area contributed by atoms with Crippen LogP contribution in [-0.2, 0) is 33.2 Å². The van der Waals surface area contributed by atoms with Crippen LogP contribution in [0.2, 0.25) is 0 Å². The lowest BCUT2D eigenvalue weighted by Gasteiger charge is -2.43. The number of hydrogen-bond acceptors (Lipinski definition) is 24. The molecule has 4 aliphatic rings. The number of hydrogen-bond donors (Lipinski definition) is 14. The van der Waals surface area contributed by atoms with E-state index in [-0.39, 0.29) is 39.9 Å². The van der Waals surface area contributed by atoms with Gasteiger partial charge in [0.05, 0.1) is 25.4 Å². The van der Waals surface area contributed by atoms with Gasteiger partial charge in [-0.3, -0.25) is 0 Å². The maximum atomic E-state index is 12.6. The second-order valence-corrected chi connectivity index (χ2v) is 16.0. The topological polar surface area (TPSA) is 383 Å². The quantitative estimate of drug-likeness (QED) is 0.0491. The monoisotopic (exact) mass is 950 g/mol. The molecule has 1 unspecified atom stereocenters. The van der Waals surface area contributed by atoms with Gasteiger partial charge in [-0.15, -0.1) is 0 Å². The van der Waals surface area contributed by atoms with E-state index in [0.29, 0.717) is 5.56 Å². The molecule has 67 heavy (non-hydrogen) atoms. The molecule has 24 nitrogen and oxygen atoms in total. The van der Waals surface area contributed by atoms with Crippen LogP contribution in [0, 0.1) is 0 Å². The van der Waals surface area contributed by atoms with Crippen LogP contribution in [0.3, 0.4) is 0 Å². The fourth-order valence-corrected chi connectivity index (χ4v) is 7.51. The number of rotatable bonds is 13. The van der Waals surface area contributed by atoms with E-state index in [1.807, 2.05) is 0 Å². The van der Waals surface area contributed by atoms with Gasteiger partial charge in [0.15, 0.2) is 41.1 Å². The number of aromatic hydroxyl groups is 5. The van der Waals surface area contributed by atoms with Crippen molar-refractivity contribution in [3.63, 3.8) is 0 Å². The molecule has 14 N–H and O–H groups in total. The number of aliphatic hydroxyl groups is 9. The summed E-state index contributed by atoms with van der Waals surface area (Å²) in [5.41, 5.74) is 0.243. The summed E-state index contributed by atoms with van der Waals surface area (Å²) in [5.74, 6) is -4.84. The Morgan fingerprint density at radius 2 is 1.24 bits per heavy atom. The molecule has 7 rings (SSSR count). The summed E-state index contributed by atoms with van der Waals surface area (Å²) in [6, 6.07) is 8.36. The molecule has 24 heteroatoms. The molecule has 3 aromatic rings. The fraction of sp³-hybridized carbons (Fsp3) is 0.465. The lowest BCUT2D eigenvalue weighted by atomic mass is 9.98. The van der Waals surface area contributed by atoms with Gasteiger partial charge in [0, 0.05) is 23.8 Å². The minimum absolute atomic E-state index is 0.101. The van der Waals surface area contributed by atoms with E-state index < -0.39 is 140 Å². The standard InChI is InChI=1S/C43H50O24/c1-15-30(49)34(53)37(56)41(62-15)61-14-28-33(52)36(55)39(58)43(67-28)65-26-12-19-23(63-40(26)17-8-21(46)31(50)22(47)9-17)10-18(44)11-24(19)64-42-38(57)35(54)32(51)27(66-42)13-60-29(48)6-4-16-3-5-20(45)25(7-16)59-2/h3-12,15,27-28,30,32-47,49-58H,13-14H2,1-2H3/b6-4+/t15-,27-,28+,30-,32-,33+,34-,35-,36-,37+,38-,39+,40?,41+,42+,43+/m0/s1. The van der Waals surface area contributed by atoms with Crippen LogP contribution in [0.1, 0.15) is 29.7 Å². The van der Waals surface area contributed by atoms with Crippen molar-refractivity contribution in [2.75, 3.05) is 20.3 Å². The van der Waals surface area contributed by atoms with Crippen molar-refractivity contribution in [2.45, 2.75) is 105 Å². The fourth-order valence-electron chi connectivity index (χ4n) is 7.51. The number of fused-ring (bicyclic) bond motifs is 1. The summed E-state index contributed by atoms with van der Waals surface area (Å²) in [6.07, 6.45) is -23.8. The van der Waals surface area contributed by atoms with E-state index in [2.05, 4.69) is 0 Å². The van der Waals surface area contributed by atoms with Crippen molar-refractivity contribution in [1.82, 2.24) is 0 Å². The Hall–Kier alpha value is -5.71. The lowest BCUT2D eigenvalue weighted by molar-refractivity contribution is -0.324. The average molecular weight is 951 g/mol. The van der Waals surface area contributed by atoms with Crippen LogP contribution < -0.4 is 14.2 Å². The lowest BCUT2D eigenvalue weighted by Crippen LogP contribution is -2.61. The van der Waals surface area contributed by atoms with Gasteiger partial charge >= 0.3 is 5.97 Å². The summed E-state index contributed by atoms with van der Waals surface area (Å²) in [5, 5.41) is 148. The van der Waals surface area contributed by atoms with Gasteiger partial charge in [-0.2, -0.15) is 0 Å². The maximum Gasteiger partial charge on any atom is 0.330 e. The molecular weight excluding hydrogens is 900 g/mol. The SMILES string of the molecule is COc1cc(/C=C/C(=O)OC[C@@H]2O[C@@H](Oc3cc(O)cc4c3C=C(O[C@@H]3O[C@H](CO[C@@H]5O[C@@H](C)[C@H](O)[C@H](O)[C@H]5O)[C@@H](O)[C@H](O)[C@H]3O)C(c3cc(O)c(O)c(O)c3)O4)[C@@H](O)[C@@H](O)[C@H]2O)ccc1O. The molecule has 0 saturated carbocycles. The largest absolute Gasteiger partial charge is 0.508 e. The van der Waals surface area contributed by atoms with Crippen molar-refractivity contribution in [1.29, 1.82) is 0 Å². The molecule has 0 aromatic heterocycles. The summed E-state index contributed by atoms with van der Waals surface area (Å²) in [7, 11) is 1.34. The van der Waals surface area contributed by atoms with Crippen LogP contribution >= 0.6 is 0 Å². The van der Waals surface area contributed by atoms with Gasteiger partial charge in [-0.25, -0.2) is 4.79 Å².